The summed E-state index contributed by atoms with van der Waals surface area (Å²) in [6.07, 6.45) is 3.51. The van der Waals surface area contributed by atoms with Crippen LogP contribution in [0.1, 0.15) is 28.8 Å². The zero-order chi connectivity index (χ0) is 14.1. The van der Waals surface area contributed by atoms with Gasteiger partial charge in [-0.1, -0.05) is 12.1 Å². The molecule has 2 aromatic rings. The number of nitrogens with two attached hydrogens (primary N) is 1. The van der Waals surface area contributed by atoms with Gasteiger partial charge >= 0.3 is 0 Å². The Morgan fingerprint density at radius 3 is 2.55 bits per heavy atom. The molecule has 1 aliphatic rings. The topological polar surface area (TPSA) is 59.5 Å². The van der Waals surface area contributed by atoms with Gasteiger partial charge < -0.3 is 15.1 Å². The van der Waals surface area contributed by atoms with Crippen LogP contribution in [0.15, 0.2) is 41.0 Å². The Bertz CT molecular complexity index is 617. The molecule has 104 valence electrons. The Labute approximate surface area is 122 Å². The van der Waals surface area contributed by atoms with Crippen LogP contribution in [0.25, 0.3) is 0 Å². The molecule has 5 heteroatoms. The molecule has 20 heavy (non-hydrogen) atoms. The highest BCUT2D eigenvalue weighted by Gasteiger charge is 2.34. The third-order valence-corrected chi connectivity index (χ3v) is 3.72. The maximum atomic E-state index is 12.5. The van der Waals surface area contributed by atoms with Crippen molar-refractivity contribution in [2.75, 3.05) is 5.73 Å². The van der Waals surface area contributed by atoms with Gasteiger partial charge in [0, 0.05) is 18.3 Å². The van der Waals surface area contributed by atoms with Gasteiger partial charge in [0.1, 0.15) is 0 Å². The first-order valence-corrected chi connectivity index (χ1v) is 6.91. The van der Waals surface area contributed by atoms with E-state index < -0.39 is 0 Å². The Balaban J connectivity index is 1.81. The summed E-state index contributed by atoms with van der Waals surface area (Å²) in [5.41, 5.74) is 7.87. The summed E-state index contributed by atoms with van der Waals surface area (Å²) >= 11 is 5.90. The molecule has 1 amide bonds. The molecule has 0 radical (unpaired) electrons. The number of nitrogen functional groups attached to an aromatic ring is 1. The second-order valence-corrected chi connectivity index (χ2v) is 5.36. The van der Waals surface area contributed by atoms with Crippen molar-refractivity contribution in [3.05, 3.63) is 52.9 Å². The maximum Gasteiger partial charge on any atom is 0.259 e. The lowest BCUT2D eigenvalue weighted by Gasteiger charge is -2.22. The number of furan rings is 1. The van der Waals surface area contributed by atoms with Crippen molar-refractivity contribution < 1.29 is 9.21 Å². The third kappa shape index (κ3) is 2.65. The summed E-state index contributed by atoms with van der Waals surface area (Å²) in [5, 5.41) is 0.151. The fraction of sp³-hybridized carbons (Fsp3) is 0.267. The molecule has 0 saturated heterocycles. The predicted octanol–water partition coefficient (Wildman–Crippen LogP) is 3.32. The number of benzene rings is 1. The summed E-state index contributed by atoms with van der Waals surface area (Å²) in [6.45, 7) is 0.561. The number of nitrogens with zero attached hydrogens (tertiary/aromatic N) is 1. The average Bonchev–Trinajstić information content (AvgIpc) is 3.19. The fourth-order valence-corrected chi connectivity index (χ4v) is 2.37. The van der Waals surface area contributed by atoms with Crippen LogP contribution < -0.4 is 5.73 Å². The zero-order valence-corrected chi connectivity index (χ0v) is 11.6. The molecule has 1 fully saturated rings. The molecule has 0 spiro atoms. The van der Waals surface area contributed by atoms with E-state index in [9.17, 15) is 4.79 Å². The molecule has 0 aliphatic heterocycles. The van der Waals surface area contributed by atoms with Crippen molar-refractivity contribution in [1.29, 1.82) is 0 Å². The van der Waals surface area contributed by atoms with E-state index in [0.29, 0.717) is 18.2 Å². The molecule has 1 aromatic carbocycles. The van der Waals surface area contributed by atoms with Gasteiger partial charge in [-0.05, 0) is 48.2 Å². The molecular formula is C15H15ClN2O2. The van der Waals surface area contributed by atoms with Crippen LogP contribution in [0, 0.1) is 0 Å². The number of carbonyl (C=O) groups excluding carboxylic acids is 1. The Kier molecular flexibility index (Phi) is 3.40. The van der Waals surface area contributed by atoms with Crippen molar-refractivity contribution in [3.8, 4) is 0 Å². The first-order chi connectivity index (χ1) is 9.65. The lowest BCUT2D eigenvalue weighted by atomic mass is 10.1. The van der Waals surface area contributed by atoms with Crippen LogP contribution in [0.4, 0.5) is 5.69 Å². The number of hydrogen-bond donors (Lipinski definition) is 1. The largest absolute Gasteiger partial charge is 0.452 e. The molecule has 4 nitrogen and oxygen atoms in total. The number of hydrogen-bond acceptors (Lipinski definition) is 3. The standard InChI is InChI=1S/C15H15ClN2O2/c16-14-13(7-8-20-14)15(19)18(12-5-6-12)9-10-1-3-11(17)4-2-10/h1-4,7-8,12H,5-6,9,17H2. The minimum absolute atomic E-state index is 0.0805. The van der Waals surface area contributed by atoms with Crippen LogP contribution in [0.5, 0.6) is 0 Å². The highest BCUT2D eigenvalue weighted by molar-refractivity contribution is 6.32. The predicted molar refractivity (Wildman–Crippen MR) is 77.5 cm³/mol. The minimum Gasteiger partial charge on any atom is -0.452 e. The van der Waals surface area contributed by atoms with E-state index in [-0.39, 0.29) is 11.1 Å². The van der Waals surface area contributed by atoms with E-state index in [4.69, 9.17) is 21.8 Å². The van der Waals surface area contributed by atoms with E-state index in [2.05, 4.69) is 0 Å². The average molecular weight is 291 g/mol. The number of rotatable bonds is 4. The van der Waals surface area contributed by atoms with E-state index in [1.165, 1.54) is 6.26 Å². The van der Waals surface area contributed by atoms with Crippen molar-refractivity contribution in [3.63, 3.8) is 0 Å². The van der Waals surface area contributed by atoms with Crippen molar-refractivity contribution in [2.45, 2.75) is 25.4 Å². The van der Waals surface area contributed by atoms with Crippen LogP contribution in [0.2, 0.25) is 5.22 Å². The smallest absolute Gasteiger partial charge is 0.259 e. The highest BCUT2D eigenvalue weighted by Crippen LogP contribution is 2.31. The molecule has 2 N–H and O–H groups in total. The molecule has 1 heterocycles. The van der Waals surface area contributed by atoms with E-state index in [1.54, 1.807) is 6.07 Å². The van der Waals surface area contributed by atoms with E-state index >= 15 is 0 Å². The summed E-state index contributed by atoms with van der Waals surface area (Å²) < 4.78 is 5.00. The second-order valence-electron chi connectivity index (χ2n) is 5.01. The Morgan fingerprint density at radius 1 is 1.30 bits per heavy atom. The van der Waals surface area contributed by atoms with Crippen LogP contribution >= 0.6 is 11.6 Å². The number of anilines is 1. The zero-order valence-electron chi connectivity index (χ0n) is 10.9. The van der Waals surface area contributed by atoms with Gasteiger partial charge in [0.15, 0.2) is 0 Å². The van der Waals surface area contributed by atoms with Gasteiger partial charge in [0.2, 0.25) is 5.22 Å². The summed E-state index contributed by atoms with van der Waals surface area (Å²) in [7, 11) is 0. The molecule has 3 rings (SSSR count). The first-order valence-electron chi connectivity index (χ1n) is 6.53. The van der Waals surface area contributed by atoms with Crippen molar-refractivity contribution in [2.24, 2.45) is 0 Å². The molecule has 1 saturated carbocycles. The van der Waals surface area contributed by atoms with Crippen molar-refractivity contribution in [1.82, 2.24) is 4.90 Å². The van der Waals surface area contributed by atoms with Gasteiger partial charge in [-0.3, -0.25) is 4.79 Å². The van der Waals surface area contributed by atoms with Gasteiger partial charge in [-0.2, -0.15) is 0 Å². The maximum absolute atomic E-state index is 12.5. The van der Waals surface area contributed by atoms with Gasteiger partial charge in [-0.15, -0.1) is 0 Å². The third-order valence-electron chi connectivity index (χ3n) is 3.43. The van der Waals surface area contributed by atoms with E-state index in [0.717, 1.165) is 24.1 Å². The first kappa shape index (κ1) is 13.1. The Morgan fingerprint density at radius 2 is 2.00 bits per heavy atom. The van der Waals surface area contributed by atoms with E-state index in [1.807, 2.05) is 29.2 Å². The van der Waals surface area contributed by atoms with Crippen LogP contribution in [0.3, 0.4) is 0 Å². The normalized spacial score (nSPS) is 14.2. The fourth-order valence-electron chi connectivity index (χ4n) is 2.17. The molecule has 0 unspecified atom stereocenters. The number of amides is 1. The molecule has 0 bridgehead atoms. The van der Waals surface area contributed by atoms with Gasteiger partial charge in [0.25, 0.3) is 5.91 Å². The lowest BCUT2D eigenvalue weighted by molar-refractivity contribution is 0.0729. The quantitative estimate of drug-likeness (QED) is 0.879. The molecular weight excluding hydrogens is 276 g/mol. The number of carbonyl (C=O) groups is 1. The van der Waals surface area contributed by atoms with Crippen molar-refractivity contribution >= 4 is 23.2 Å². The summed E-state index contributed by atoms with van der Waals surface area (Å²) in [4.78, 5) is 14.4. The van der Waals surface area contributed by atoms with Crippen LogP contribution in [-0.4, -0.2) is 16.8 Å². The Hall–Kier alpha value is -1.94. The SMILES string of the molecule is Nc1ccc(CN(C(=O)c2ccoc2Cl)C2CC2)cc1. The van der Waals surface area contributed by atoms with Gasteiger partial charge in [0.05, 0.1) is 11.8 Å². The molecule has 1 aliphatic carbocycles. The summed E-state index contributed by atoms with van der Waals surface area (Å²) in [5.74, 6) is -0.0805. The summed E-state index contributed by atoms with van der Waals surface area (Å²) in [6, 6.07) is 9.48. The van der Waals surface area contributed by atoms with Crippen LogP contribution in [-0.2, 0) is 6.54 Å². The minimum atomic E-state index is -0.0805. The highest BCUT2D eigenvalue weighted by atomic mass is 35.5. The lowest BCUT2D eigenvalue weighted by Crippen LogP contribution is -2.32. The second kappa shape index (κ2) is 5.21. The monoisotopic (exact) mass is 290 g/mol. The molecule has 1 aromatic heterocycles. The van der Waals surface area contributed by atoms with Gasteiger partial charge in [-0.25, -0.2) is 0 Å². The number of halogens is 1. The molecule has 0 atom stereocenters.